The van der Waals surface area contributed by atoms with Crippen molar-refractivity contribution in [2.24, 2.45) is 0 Å². The average molecular weight is 320 g/mol. The first-order chi connectivity index (χ1) is 10.1. The van der Waals surface area contributed by atoms with Crippen LogP contribution in [0, 0.1) is 18.8 Å². The summed E-state index contributed by atoms with van der Waals surface area (Å²) in [5, 5.41) is 15.9. The molecule has 0 bridgehead atoms. The Kier molecular flexibility index (Phi) is 5.40. The molecule has 1 heterocycles. The molecular formula is C16H14ClNO2S. The number of amides is 1. The van der Waals surface area contributed by atoms with Gasteiger partial charge < -0.3 is 10.4 Å². The smallest absolute Gasteiger partial charge is 0.256 e. The lowest BCUT2D eigenvalue weighted by molar-refractivity contribution is 0.102. The van der Waals surface area contributed by atoms with Gasteiger partial charge in [-0.15, -0.1) is 0 Å². The maximum absolute atomic E-state index is 12.2. The predicted octanol–water partition coefficient (Wildman–Crippen LogP) is 3.70. The lowest BCUT2D eigenvalue weighted by atomic mass is 10.1. The molecule has 1 amide bonds. The van der Waals surface area contributed by atoms with Crippen LogP contribution >= 0.6 is 22.9 Å². The summed E-state index contributed by atoms with van der Waals surface area (Å²) in [6.45, 7) is 1.90. The Hall–Kier alpha value is -1.80. The fraction of sp³-hybridized carbons (Fsp3) is 0.188. The van der Waals surface area contributed by atoms with Crippen LogP contribution in [0.5, 0.6) is 0 Å². The minimum Gasteiger partial charge on any atom is -0.395 e. The molecule has 0 saturated carbocycles. The van der Waals surface area contributed by atoms with E-state index in [1.54, 1.807) is 18.2 Å². The van der Waals surface area contributed by atoms with Crippen molar-refractivity contribution in [1.82, 2.24) is 0 Å². The molecule has 0 atom stereocenters. The van der Waals surface area contributed by atoms with Gasteiger partial charge in [0.1, 0.15) is 0 Å². The topological polar surface area (TPSA) is 49.3 Å². The van der Waals surface area contributed by atoms with E-state index >= 15 is 0 Å². The predicted molar refractivity (Wildman–Crippen MR) is 87.0 cm³/mol. The Labute approximate surface area is 132 Å². The van der Waals surface area contributed by atoms with Gasteiger partial charge in [0.2, 0.25) is 0 Å². The van der Waals surface area contributed by atoms with Crippen molar-refractivity contribution in [2.75, 3.05) is 11.9 Å². The standard InChI is InChI=1S/C16H14ClNO2S/c1-11-9-21-10-14(11)16(20)18-15-6-5-13(17)8-12(15)4-2-3-7-19/h5-6,8-10,19H,3,7H2,1H3,(H,18,20). The van der Waals surface area contributed by atoms with Crippen molar-refractivity contribution in [3.05, 3.63) is 50.7 Å². The lowest BCUT2D eigenvalue weighted by Crippen LogP contribution is -2.13. The average Bonchev–Trinajstić information content (AvgIpc) is 2.88. The van der Waals surface area contributed by atoms with E-state index in [1.807, 2.05) is 17.7 Å². The van der Waals surface area contributed by atoms with E-state index in [0.29, 0.717) is 28.3 Å². The summed E-state index contributed by atoms with van der Waals surface area (Å²) in [6.07, 6.45) is 0.379. The normalized spacial score (nSPS) is 9.86. The number of hydrogen-bond acceptors (Lipinski definition) is 3. The molecule has 2 aromatic rings. The molecular weight excluding hydrogens is 306 g/mol. The van der Waals surface area contributed by atoms with Crippen LogP contribution in [0.4, 0.5) is 5.69 Å². The van der Waals surface area contributed by atoms with Gasteiger partial charge in [-0.2, -0.15) is 11.3 Å². The molecule has 2 rings (SSSR count). The summed E-state index contributed by atoms with van der Waals surface area (Å²) in [5.41, 5.74) is 2.85. The Morgan fingerprint density at radius 2 is 2.24 bits per heavy atom. The Morgan fingerprint density at radius 3 is 2.90 bits per heavy atom. The minimum atomic E-state index is -0.165. The third-order valence-corrected chi connectivity index (χ3v) is 3.89. The quantitative estimate of drug-likeness (QED) is 0.848. The summed E-state index contributed by atoms with van der Waals surface area (Å²) in [4.78, 5) is 12.2. The number of carbonyl (C=O) groups is 1. The van der Waals surface area contributed by atoms with Crippen molar-refractivity contribution in [3.63, 3.8) is 0 Å². The third kappa shape index (κ3) is 4.08. The first kappa shape index (κ1) is 15.6. The van der Waals surface area contributed by atoms with Gasteiger partial charge in [-0.05, 0) is 36.1 Å². The highest BCUT2D eigenvalue weighted by molar-refractivity contribution is 7.08. The number of nitrogens with one attached hydrogen (secondary N) is 1. The molecule has 5 heteroatoms. The monoisotopic (exact) mass is 319 g/mol. The molecule has 0 saturated heterocycles. The molecule has 108 valence electrons. The molecule has 0 fully saturated rings. The minimum absolute atomic E-state index is 0.00333. The first-order valence-corrected chi connectivity index (χ1v) is 7.67. The summed E-state index contributed by atoms with van der Waals surface area (Å²) in [5.74, 6) is 5.58. The number of rotatable bonds is 3. The molecule has 1 aromatic carbocycles. The van der Waals surface area contributed by atoms with Gasteiger partial charge in [-0.3, -0.25) is 4.79 Å². The fourth-order valence-electron chi connectivity index (χ4n) is 1.73. The van der Waals surface area contributed by atoms with E-state index in [4.69, 9.17) is 16.7 Å². The molecule has 2 N–H and O–H groups in total. The number of hydrogen-bond donors (Lipinski definition) is 2. The zero-order chi connectivity index (χ0) is 15.2. The van der Waals surface area contributed by atoms with E-state index < -0.39 is 0 Å². The van der Waals surface area contributed by atoms with Crippen molar-refractivity contribution in [2.45, 2.75) is 13.3 Å². The lowest BCUT2D eigenvalue weighted by Gasteiger charge is -2.08. The SMILES string of the molecule is Cc1cscc1C(=O)Nc1ccc(Cl)cc1C#CCCO. The number of aryl methyl sites for hydroxylation is 1. The number of thiophene rings is 1. The van der Waals surface area contributed by atoms with Crippen molar-refractivity contribution < 1.29 is 9.90 Å². The second-order valence-electron chi connectivity index (χ2n) is 4.39. The van der Waals surface area contributed by atoms with Crippen molar-refractivity contribution in [3.8, 4) is 11.8 Å². The number of halogens is 1. The number of aliphatic hydroxyl groups is 1. The van der Waals surface area contributed by atoms with Gasteiger partial charge in [0.25, 0.3) is 5.91 Å². The Balaban J connectivity index is 2.26. The number of anilines is 1. The molecule has 0 aliphatic carbocycles. The third-order valence-electron chi connectivity index (χ3n) is 2.79. The van der Waals surface area contributed by atoms with E-state index in [0.717, 1.165) is 5.56 Å². The summed E-state index contributed by atoms with van der Waals surface area (Å²) in [6, 6.07) is 5.13. The first-order valence-electron chi connectivity index (χ1n) is 6.35. The molecule has 0 radical (unpaired) electrons. The number of carbonyl (C=O) groups excluding carboxylic acids is 1. The molecule has 0 spiro atoms. The van der Waals surface area contributed by atoms with Gasteiger partial charge in [-0.1, -0.05) is 23.4 Å². The molecule has 21 heavy (non-hydrogen) atoms. The Morgan fingerprint density at radius 1 is 1.43 bits per heavy atom. The van der Waals surface area contributed by atoms with Crippen LogP contribution in [0.1, 0.15) is 27.9 Å². The van der Waals surface area contributed by atoms with Crippen LogP contribution in [0.15, 0.2) is 29.0 Å². The van der Waals surface area contributed by atoms with Gasteiger partial charge in [0.05, 0.1) is 17.9 Å². The highest BCUT2D eigenvalue weighted by Crippen LogP contribution is 2.22. The Bertz CT molecular complexity index is 713. The van der Waals surface area contributed by atoms with Gasteiger partial charge in [0.15, 0.2) is 0 Å². The molecule has 3 nitrogen and oxygen atoms in total. The molecule has 0 aliphatic rings. The van der Waals surface area contributed by atoms with Gasteiger partial charge >= 0.3 is 0 Å². The zero-order valence-corrected chi connectivity index (χ0v) is 13.0. The summed E-state index contributed by atoms with van der Waals surface area (Å²) < 4.78 is 0. The highest BCUT2D eigenvalue weighted by Gasteiger charge is 2.11. The van der Waals surface area contributed by atoms with E-state index in [2.05, 4.69) is 17.2 Å². The summed E-state index contributed by atoms with van der Waals surface area (Å²) in [7, 11) is 0. The highest BCUT2D eigenvalue weighted by atomic mass is 35.5. The van der Waals surface area contributed by atoms with Crippen LogP contribution in [0.3, 0.4) is 0 Å². The maximum Gasteiger partial charge on any atom is 0.256 e. The van der Waals surface area contributed by atoms with Gasteiger partial charge in [0, 0.05) is 22.4 Å². The van der Waals surface area contributed by atoms with Crippen molar-refractivity contribution in [1.29, 1.82) is 0 Å². The molecule has 1 aromatic heterocycles. The second kappa shape index (κ2) is 7.28. The van der Waals surface area contributed by atoms with Crippen LogP contribution in [-0.2, 0) is 0 Å². The fourth-order valence-corrected chi connectivity index (χ4v) is 2.73. The van der Waals surface area contributed by atoms with Crippen LogP contribution in [0.25, 0.3) is 0 Å². The van der Waals surface area contributed by atoms with Crippen LogP contribution < -0.4 is 5.32 Å². The van der Waals surface area contributed by atoms with E-state index in [1.165, 1.54) is 11.3 Å². The van der Waals surface area contributed by atoms with Crippen LogP contribution in [-0.4, -0.2) is 17.6 Å². The van der Waals surface area contributed by atoms with E-state index in [-0.39, 0.29) is 12.5 Å². The summed E-state index contributed by atoms with van der Waals surface area (Å²) >= 11 is 7.45. The van der Waals surface area contributed by atoms with Gasteiger partial charge in [-0.25, -0.2) is 0 Å². The molecule has 0 unspecified atom stereocenters. The number of aliphatic hydroxyl groups excluding tert-OH is 1. The maximum atomic E-state index is 12.2. The van der Waals surface area contributed by atoms with Crippen molar-refractivity contribution >= 4 is 34.5 Å². The molecule has 0 aliphatic heterocycles. The van der Waals surface area contributed by atoms with E-state index in [9.17, 15) is 4.79 Å². The second-order valence-corrected chi connectivity index (χ2v) is 5.57. The largest absolute Gasteiger partial charge is 0.395 e. The van der Waals surface area contributed by atoms with Crippen LogP contribution in [0.2, 0.25) is 5.02 Å². The zero-order valence-electron chi connectivity index (χ0n) is 11.4. The number of benzene rings is 1.